The number of fused-ring (bicyclic) bond motifs is 1. The zero-order valence-electron chi connectivity index (χ0n) is 11.7. The van der Waals surface area contributed by atoms with Gasteiger partial charge < -0.3 is 10.3 Å². The molecule has 1 unspecified atom stereocenters. The summed E-state index contributed by atoms with van der Waals surface area (Å²) in [6, 6.07) is 0.544. The summed E-state index contributed by atoms with van der Waals surface area (Å²) in [6.07, 6.45) is 1.21. The fourth-order valence-corrected chi connectivity index (χ4v) is 2.90. The third-order valence-corrected chi connectivity index (χ3v) is 4.31. The Hall–Kier alpha value is -1.58. The lowest BCUT2D eigenvalue weighted by Crippen LogP contribution is -2.05. The predicted molar refractivity (Wildman–Crippen MR) is 73.6 cm³/mol. The molecule has 96 valence electrons. The van der Waals surface area contributed by atoms with E-state index in [1.807, 2.05) is 6.92 Å². The number of nitrogens with two attached hydrogens (primary N) is 1. The topological polar surface area (TPSA) is 56.7 Å². The molecule has 4 heteroatoms. The molecule has 0 amide bonds. The molecule has 0 radical (unpaired) electrons. The lowest BCUT2D eigenvalue weighted by Gasteiger charge is -2.10. The van der Waals surface area contributed by atoms with E-state index in [1.165, 1.54) is 17.7 Å². The predicted octanol–water partition coefficient (Wildman–Crippen LogP) is 2.91. The van der Waals surface area contributed by atoms with Crippen molar-refractivity contribution in [2.75, 3.05) is 5.73 Å². The van der Waals surface area contributed by atoms with Gasteiger partial charge in [-0.1, -0.05) is 13.8 Å². The zero-order chi connectivity index (χ0) is 13.2. The SMILES string of the molecule is Cc1nc(N)c2c(C)c(C)n(C3CC3(C)C)c2n1. The summed E-state index contributed by atoms with van der Waals surface area (Å²) in [5.41, 5.74) is 9.92. The van der Waals surface area contributed by atoms with Gasteiger partial charge in [-0.3, -0.25) is 0 Å². The molecule has 0 bridgehead atoms. The van der Waals surface area contributed by atoms with Gasteiger partial charge in [0.2, 0.25) is 0 Å². The summed E-state index contributed by atoms with van der Waals surface area (Å²) in [7, 11) is 0. The molecular formula is C14H20N4. The van der Waals surface area contributed by atoms with Gasteiger partial charge in [0, 0.05) is 11.7 Å². The van der Waals surface area contributed by atoms with Crippen molar-refractivity contribution in [2.45, 2.75) is 47.1 Å². The van der Waals surface area contributed by atoms with Crippen LogP contribution in [0.3, 0.4) is 0 Å². The fourth-order valence-electron chi connectivity index (χ4n) is 2.90. The first-order valence-corrected chi connectivity index (χ1v) is 6.44. The molecule has 1 fully saturated rings. The summed E-state index contributed by atoms with van der Waals surface area (Å²) in [5.74, 6) is 1.35. The van der Waals surface area contributed by atoms with E-state index in [2.05, 4.69) is 42.2 Å². The van der Waals surface area contributed by atoms with Crippen molar-refractivity contribution in [1.29, 1.82) is 0 Å². The molecule has 2 aromatic rings. The van der Waals surface area contributed by atoms with Gasteiger partial charge in [0.25, 0.3) is 0 Å². The van der Waals surface area contributed by atoms with Crippen molar-refractivity contribution in [3.05, 3.63) is 17.1 Å². The minimum Gasteiger partial charge on any atom is -0.383 e. The van der Waals surface area contributed by atoms with Gasteiger partial charge >= 0.3 is 0 Å². The Morgan fingerprint density at radius 3 is 2.39 bits per heavy atom. The average molecular weight is 244 g/mol. The first kappa shape index (κ1) is 11.5. The highest BCUT2D eigenvalue weighted by Gasteiger charge is 2.48. The highest BCUT2D eigenvalue weighted by Crippen LogP contribution is 2.57. The van der Waals surface area contributed by atoms with Crippen molar-refractivity contribution in [2.24, 2.45) is 5.41 Å². The van der Waals surface area contributed by atoms with Crippen molar-refractivity contribution in [3.63, 3.8) is 0 Å². The molecule has 2 heterocycles. The van der Waals surface area contributed by atoms with E-state index in [0.29, 0.717) is 17.3 Å². The average Bonchev–Trinajstić information content (AvgIpc) is 2.77. The summed E-state index contributed by atoms with van der Waals surface area (Å²) >= 11 is 0. The largest absolute Gasteiger partial charge is 0.383 e. The van der Waals surface area contributed by atoms with Crippen LogP contribution in [0.15, 0.2) is 0 Å². The Labute approximate surface area is 107 Å². The van der Waals surface area contributed by atoms with Crippen molar-refractivity contribution >= 4 is 16.9 Å². The number of aryl methyl sites for hydroxylation is 2. The van der Waals surface area contributed by atoms with Crippen LogP contribution in [0.5, 0.6) is 0 Å². The third-order valence-electron chi connectivity index (χ3n) is 4.31. The number of anilines is 1. The van der Waals surface area contributed by atoms with E-state index in [9.17, 15) is 0 Å². The van der Waals surface area contributed by atoms with Gasteiger partial charge in [-0.05, 0) is 38.2 Å². The van der Waals surface area contributed by atoms with Crippen LogP contribution < -0.4 is 5.73 Å². The van der Waals surface area contributed by atoms with Gasteiger partial charge in [-0.15, -0.1) is 0 Å². The van der Waals surface area contributed by atoms with Crippen LogP contribution in [0.1, 0.15) is 43.4 Å². The first-order valence-electron chi connectivity index (χ1n) is 6.44. The molecule has 1 saturated carbocycles. The second-order valence-electron chi connectivity index (χ2n) is 6.14. The molecule has 2 aromatic heterocycles. The summed E-state index contributed by atoms with van der Waals surface area (Å²) in [5, 5.41) is 1.03. The molecule has 0 aromatic carbocycles. The molecule has 0 spiro atoms. The van der Waals surface area contributed by atoms with Crippen LogP contribution in [0.25, 0.3) is 11.0 Å². The Balaban J connectivity index is 2.35. The number of rotatable bonds is 1. The smallest absolute Gasteiger partial charge is 0.146 e. The number of aromatic nitrogens is 3. The molecule has 1 atom stereocenters. The normalized spacial score (nSPS) is 21.5. The van der Waals surface area contributed by atoms with Gasteiger partial charge in [-0.25, -0.2) is 9.97 Å². The Bertz CT molecular complexity index is 652. The number of hydrogen-bond donors (Lipinski definition) is 1. The van der Waals surface area contributed by atoms with Crippen LogP contribution >= 0.6 is 0 Å². The number of nitrogens with zero attached hydrogens (tertiary/aromatic N) is 3. The zero-order valence-corrected chi connectivity index (χ0v) is 11.7. The second kappa shape index (κ2) is 3.25. The Morgan fingerprint density at radius 1 is 1.22 bits per heavy atom. The maximum Gasteiger partial charge on any atom is 0.146 e. The highest BCUT2D eigenvalue weighted by atomic mass is 15.1. The van der Waals surface area contributed by atoms with Gasteiger partial charge in [-0.2, -0.15) is 0 Å². The Kier molecular flexibility index (Phi) is 2.08. The van der Waals surface area contributed by atoms with Crippen LogP contribution in [0.2, 0.25) is 0 Å². The van der Waals surface area contributed by atoms with Gasteiger partial charge in [0.05, 0.1) is 5.39 Å². The molecule has 0 aliphatic heterocycles. The van der Waals surface area contributed by atoms with Crippen LogP contribution in [-0.2, 0) is 0 Å². The van der Waals surface area contributed by atoms with E-state index in [1.54, 1.807) is 0 Å². The maximum atomic E-state index is 6.06. The molecule has 1 aliphatic rings. The molecule has 3 rings (SSSR count). The molecule has 4 nitrogen and oxygen atoms in total. The molecule has 0 saturated heterocycles. The van der Waals surface area contributed by atoms with E-state index < -0.39 is 0 Å². The van der Waals surface area contributed by atoms with Gasteiger partial charge in [0.1, 0.15) is 17.3 Å². The van der Waals surface area contributed by atoms with Crippen LogP contribution in [-0.4, -0.2) is 14.5 Å². The minimum absolute atomic E-state index is 0.372. The Morgan fingerprint density at radius 2 is 1.83 bits per heavy atom. The quantitative estimate of drug-likeness (QED) is 0.839. The molecule has 1 aliphatic carbocycles. The molecule has 2 N–H and O–H groups in total. The minimum atomic E-state index is 0.372. The second-order valence-corrected chi connectivity index (χ2v) is 6.14. The lowest BCUT2D eigenvalue weighted by molar-refractivity contribution is 0.542. The molecular weight excluding hydrogens is 224 g/mol. The summed E-state index contributed by atoms with van der Waals surface area (Å²) in [6.45, 7) is 10.8. The number of hydrogen-bond acceptors (Lipinski definition) is 3. The summed E-state index contributed by atoms with van der Waals surface area (Å²) < 4.78 is 2.36. The highest BCUT2D eigenvalue weighted by molar-refractivity contribution is 5.91. The standard InChI is InChI=1S/C14H20N4/c1-7-8(2)18(10-6-14(10,4)5)13-11(7)12(15)16-9(3)17-13/h10H,6H2,1-5H3,(H2,15,16,17). The van der Waals surface area contributed by atoms with Crippen LogP contribution in [0, 0.1) is 26.2 Å². The van der Waals surface area contributed by atoms with Crippen molar-refractivity contribution < 1.29 is 0 Å². The van der Waals surface area contributed by atoms with E-state index in [4.69, 9.17) is 5.73 Å². The lowest BCUT2D eigenvalue weighted by atomic mass is 10.2. The van der Waals surface area contributed by atoms with Gasteiger partial charge in [0.15, 0.2) is 0 Å². The van der Waals surface area contributed by atoms with E-state index in [-0.39, 0.29) is 0 Å². The van der Waals surface area contributed by atoms with E-state index in [0.717, 1.165) is 16.9 Å². The summed E-state index contributed by atoms with van der Waals surface area (Å²) in [4.78, 5) is 8.90. The number of nitrogen functional groups attached to an aromatic ring is 1. The maximum absolute atomic E-state index is 6.06. The fraction of sp³-hybridized carbons (Fsp3) is 0.571. The monoisotopic (exact) mass is 244 g/mol. The van der Waals surface area contributed by atoms with E-state index >= 15 is 0 Å². The van der Waals surface area contributed by atoms with Crippen molar-refractivity contribution in [1.82, 2.24) is 14.5 Å². The molecule has 18 heavy (non-hydrogen) atoms. The third kappa shape index (κ3) is 1.38. The van der Waals surface area contributed by atoms with Crippen LogP contribution in [0.4, 0.5) is 5.82 Å². The van der Waals surface area contributed by atoms with Crippen molar-refractivity contribution in [3.8, 4) is 0 Å². The first-order chi connectivity index (χ1) is 8.33.